The van der Waals surface area contributed by atoms with E-state index in [0.29, 0.717) is 0 Å². The molecule has 0 aromatic rings. The second kappa shape index (κ2) is 8.98. The molecule has 0 fully saturated rings. The molecule has 0 bridgehead atoms. The summed E-state index contributed by atoms with van der Waals surface area (Å²) in [4.78, 5) is 0. The molecule has 2 unspecified atom stereocenters. The van der Waals surface area contributed by atoms with Crippen LogP contribution in [0.2, 0.25) is 0 Å². The summed E-state index contributed by atoms with van der Waals surface area (Å²) in [6, 6.07) is 0. The highest BCUT2D eigenvalue weighted by atomic mass is 35.7. The van der Waals surface area contributed by atoms with Gasteiger partial charge in [0.2, 0.25) is 0 Å². The summed E-state index contributed by atoms with van der Waals surface area (Å²) >= 11 is 6.52. The van der Waals surface area contributed by atoms with E-state index in [-0.39, 0.29) is 7.27 Å². The highest BCUT2D eigenvalue weighted by molar-refractivity contribution is 7.85. The first-order valence-electron chi connectivity index (χ1n) is 6.07. The zero-order chi connectivity index (χ0) is 11.0. The average molecular weight is 237 g/mol. The third-order valence-corrected chi connectivity index (χ3v) is 6.99. The van der Waals surface area contributed by atoms with Gasteiger partial charge >= 0.3 is 0 Å². The van der Waals surface area contributed by atoms with E-state index in [4.69, 9.17) is 11.2 Å². The van der Waals surface area contributed by atoms with Crippen LogP contribution in [0.1, 0.15) is 66.2 Å². The van der Waals surface area contributed by atoms with Crippen molar-refractivity contribution in [2.75, 3.05) is 0 Å². The largest absolute Gasteiger partial charge is 0.0959 e. The normalized spacial score (nSPS) is 17.8. The highest BCUT2D eigenvalue weighted by Gasteiger charge is 2.19. The van der Waals surface area contributed by atoms with Crippen LogP contribution in [0.3, 0.4) is 0 Å². The Bertz CT molecular complexity index is 113. The Hall–Kier alpha value is 0.720. The van der Waals surface area contributed by atoms with Crippen molar-refractivity contribution in [2.24, 2.45) is 0 Å². The number of halogens is 1. The molecule has 0 saturated carbocycles. The van der Waals surface area contributed by atoms with Gasteiger partial charge in [0.1, 0.15) is 0 Å². The number of rotatable bonds is 8. The molecule has 0 nitrogen and oxygen atoms in total. The van der Waals surface area contributed by atoms with Gasteiger partial charge in [-0.15, -0.1) is 0 Å². The summed E-state index contributed by atoms with van der Waals surface area (Å²) in [6.45, 7) is 9.17. The standard InChI is InChI=1S/C12H26ClP/c1-5-7-9-11(3)14(13)12(4)10-8-6-2/h11-12H,5-10H2,1-4H3. The molecule has 0 aliphatic heterocycles. The zero-order valence-corrected chi connectivity index (χ0v) is 11.9. The van der Waals surface area contributed by atoms with Crippen LogP contribution in [0.5, 0.6) is 0 Å². The second-order valence-corrected chi connectivity index (χ2v) is 7.95. The molecule has 0 aromatic heterocycles. The molecule has 0 aliphatic rings. The van der Waals surface area contributed by atoms with Crippen LogP contribution in [-0.2, 0) is 0 Å². The molecule has 0 aromatic carbocycles. The minimum absolute atomic E-state index is 0.254. The summed E-state index contributed by atoms with van der Waals surface area (Å²) in [5.41, 5.74) is 1.50. The summed E-state index contributed by atoms with van der Waals surface area (Å²) < 4.78 is 0. The lowest BCUT2D eigenvalue weighted by atomic mass is 10.2. The van der Waals surface area contributed by atoms with Crippen molar-refractivity contribution in [2.45, 2.75) is 77.5 Å². The van der Waals surface area contributed by atoms with E-state index in [9.17, 15) is 0 Å². The van der Waals surface area contributed by atoms with Gasteiger partial charge in [-0.25, -0.2) is 0 Å². The van der Waals surface area contributed by atoms with Crippen molar-refractivity contribution in [3.8, 4) is 0 Å². The molecule has 0 rings (SSSR count). The third kappa shape index (κ3) is 6.25. The first-order chi connectivity index (χ1) is 6.63. The van der Waals surface area contributed by atoms with Gasteiger partial charge in [-0.1, -0.05) is 64.6 Å². The maximum Gasteiger partial charge on any atom is -0.00395 e. The quantitative estimate of drug-likeness (QED) is 0.469. The molecule has 0 aliphatic carbocycles. The molecule has 0 spiro atoms. The number of unbranched alkanes of at least 4 members (excludes halogenated alkanes) is 2. The Morgan fingerprint density at radius 3 is 1.57 bits per heavy atom. The maximum absolute atomic E-state index is 6.52. The van der Waals surface area contributed by atoms with Crippen molar-refractivity contribution in [1.29, 1.82) is 0 Å². The Kier molecular flexibility index (Phi) is 9.45. The number of hydrogen-bond donors (Lipinski definition) is 0. The highest BCUT2D eigenvalue weighted by Crippen LogP contribution is 2.54. The average Bonchev–Trinajstić information content (AvgIpc) is 2.21. The van der Waals surface area contributed by atoms with Crippen LogP contribution in [-0.4, -0.2) is 11.3 Å². The molecule has 2 atom stereocenters. The fourth-order valence-electron chi connectivity index (χ4n) is 1.68. The summed E-state index contributed by atoms with van der Waals surface area (Å²) in [5, 5.41) is 0. The van der Waals surface area contributed by atoms with Gasteiger partial charge in [0.25, 0.3) is 0 Å². The van der Waals surface area contributed by atoms with E-state index in [0.717, 1.165) is 11.3 Å². The van der Waals surface area contributed by atoms with Crippen LogP contribution < -0.4 is 0 Å². The number of hydrogen-bond acceptors (Lipinski definition) is 0. The van der Waals surface area contributed by atoms with Gasteiger partial charge in [-0.3, -0.25) is 0 Å². The van der Waals surface area contributed by atoms with Crippen molar-refractivity contribution >= 4 is 18.5 Å². The Labute approximate surface area is 96.3 Å². The SMILES string of the molecule is CCCCC(C)P(Cl)C(C)CCCC. The zero-order valence-electron chi connectivity index (χ0n) is 10.2. The smallest absolute Gasteiger partial charge is 0.00395 e. The lowest BCUT2D eigenvalue weighted by Gasteiger charge is -2.24. The second-order valence-electron chi connectivity index (χ2n) is 4.33. The third-order valence-electron chi connectivity index (χ3n) is 2.79. The van der Waals surface area contributed by atoms with Gasteiger partial charge < -0.3 is 0 Å². The first-order valence-corrected chi connectivity index (χ1v) is 8.46. The van der Waals surface area contributed by atoms with Crippen LogP contribution in [0, 0.1) is 0 Å². The lowest BCUT2D eigenvalue weighted by Crippen LogP contribution is -2.06. The van der Waals surface area contributed by atoms with E-state index in [1.54, 1.807) is 0 Å². The predicted octanol–water partition coefficient (Wildman–Crippen LogP) is 5.78. The topological polar surface area (TPSA) is 0 Å². The van der Waals surface area contributed by atoms with E-state index in [1.807, 2.05) is 0 Å². The van der Waals surface area contributed by atoms with Gasteiger partial charge in [0.05, 0.1) is 0 Å². The molecular formula is C12H26ClP. The fourth-order valence-corrected chi connectivity index (χ4v) is 3.99. The van der Waals surface area contributed by atoms with Gasteiger partial charge in [-0.2, -0.15) is 0 Å². The molecule has 2 heteroatoms. The van der Waals surface area contributed by atoms with Gasteiger partial charge in [0, 0.05) is 0 Å². The summed E-state index contributed by atoms with van der Waals surface area (Å²) in [5.74, 6) is 0. The van der Waals surface area contributed by atoms with Crippen LogP contribution >= 0.6 is 18.5 Å². The molecule has 0 N–H and O–H groups in total. The van der Waals surface area contributed by atoms with Crippen molar-refractivity contribution in [3.05, 3.63) is 0 Å². The molecule has 0 amide bonds. The monoisotopic (exact) mass is 236 g/mol. The summed E-state index contributed by atoms with van der Waals surface area (Å²) in [7, 11) is -0.254. The van der Waals surface area contributed by atoms with Gasteiger partial charge in [0.15, 0.2) is 0 Å². The fraction of sp³-hybridized carbons (Fsp3) is 1.00. The van der Waals surface area contributed by atoms with Crippen LogP contribution in [0.25, 0.3) is 0 Å². The van der Waals surface area contributed by atoms with E-state index >= 15 is 0 Å². The molecule has 0 saturated heterocycles. The maximum atomic E-state index is 6.52. The van der Waals surface area contributed by atoms with Crippen LogP contribution in [0.4, 0.5) is 0 Å². The van der Waals surface area contributed by atoms with E-state index < -0.39 is 0 Å². The van der Waals surface area contributed by atoms with Crippen molar-refractivity contribution in [3.63, 3.8) is 0 Å². The Morgan fingerprint density at radius 2 is 1.29 bits per heavy atom. The minimum Gasteiger partial charge on any atom is -0.0959 e. The minimum atomic E-state index is -0.254. The van der Waals surface area contributed by atoms with Crippen LogP contribution in [0.15, 0.2) is 0 Å². The Balaban J connectivity index is 3.72. The van der Waals surface area contributed by atoms with Crippen molar-refractivity contribution in [1.82, 2.24) is 0 Å². The molecule has 14 heavy (non-hydrogen) atoms. The first kappa shape index (κ1) is 14.7. The predicted molar refractivity (Wildman–Crippen MR) is 70.7 cm³/mol. The van der Waals surface area contributed by atoms with Gasteiger partial charge in [-0.05, 0) is 31.4 Å². The molecule has 86 valence electrons. The molecular weight excluding hydrogens is 211 g/mol. The molecule has 0 radical (unpaired) electrons. The Morgan fingerprint density at radius 1 is 0.929 bits per heavy atom. The van der Waals surface area contributed by atoms with E-state index in [2.05, 4.69) is 27.7 Å². The lowest BCUT2D eigenvalue weighted by molar-refractivity contribution is 0.683. The van der Waals surface area contributed by atoms with E-state index in [1.165, 1.54) is 38.5 Å². The molecule has 0 heterocycles. The van der Waals surface area contributed by atoms with Crippen molar-refractivity contribution < 1.29 is 0 Å². The summed E-state index contributed by atoms with van der Waals surface area (Å²) in [6.07, 6.45) is 7.92.